The summed E-state index contributed by atoms with van der Waals surface area (Å²) >= 11 is 1.65. The van der Waals surface area contributed by atoms with E-state index in [1.807, 2.05) is 37.4 Å². The summed E-state index contributed by atoms with van der Waals surface area (Å²) in [6.07, 6.45) is 0.651. The predicted octanol–water partition coefficient (Wildman–Crippen LogP) is 3.20. The van der Waals surface area contributed by atoms with E-state index >= 15 is 0 Å². The fraction of sp³-hybridized carbons (Fsp3) is 0.440. The van der Waals surface area contributed by atoms with E-state index in [1.54, 1.807) is 11.3 Å². The van der Waals surface area contributed by atoms with Gasteiger partial charge in [0.25, 0.3) is 0 Å². The van der Waals surface area contributed by atoms with Crippen LogP contribution in [0.2, 0.25) is 0 Å². The minimum atomic E-state index is 0.466. The van der Waals surface area contributed by atoms with Crippen molar-refractivity contribution >= 4 is 33.7 Å². The van der Waals surface area contributed by atoms with Gasteiger partial charge in [0.1, 0.15) is 17.4 Å². The Balaban J connectivity index is 1.22. The van der Waals surface area contributed by atoms with Gasteiger partial charge >= 0.3 is 0 Å². The van der Waals surface area contributed by atoms with E-state index in [0.29, 0.717) is 72.4 Å². The molecular formula is C25H33N3O6S. The molecule has 3 aromatic rings. The molecule has 1 amide bonds. The van der Waals surface area contributed by atoms with E-state index in [0.717, 1.165) is 32.2 Å². The number of benzene rings is 2. The molecule has 2 aromatic carbocycles. The molecule has 3 rings (SSSR count). The first-order valence-electron chi connectivity index (χ1n) is 11.6. The van der Waals surface area contributed by atoms with E-state index in [-0.39, 0.29) is 0 Å². The molecule has 0 aliphatic carbocycles. The number of anilines is 1. The quantitative estimate of drug-likeness (QED) is 0.190. The van der Waals surface area contributed by atoms with E-state index in [1.165, 1.54) is 0 Å². The Bertz CT molecular complexity index is 999. The minimum absolute atomic E-state index is 0.466. The van der Waals surface area contributed by atoms with Crippen LogP contribution in [0, 0.1) is 0 Å². The second-order valence-electron chi connectivity index (χ2n) is 7.35. The maximum atomic E-state index is 10.1. The molecule has 0 fully saturated rings. The van der Waals surface area contributed by atoms with Crippen molar-refractivity contribution < 1.29 is 28.5 Å². The van der Waals surface area contributed by atoms with Crippen molar-refractivity contribution in [3.63, 3.8) is 0 Å². The monoisotopic (exact) mass is 503 g/mol. The number of carbonyl (C=O) groups is 1. The fourth-order valence-electron chi connectivity index (χ4n) is 3.07. The zero-order valence-electron chi connectivity index (χ0n) is 20.0. The third-order valence-electron chi connectivity index (χ3n) is 4.87. The Morgan fingerprint density at radius 1 is 0.829 bits per heavy atom. The maximum Gasteiger partial charge on any atom is 0.207 e. The smallest absolute Gasteiger partial charge is 0.207 e. The van der Waals surface area contributed by atoms with Crippen molar-refractivity contribution in [2.24, 2.45) is 0 Å². The number of nitrogens with zero attached hydrogens (tertiary/aromatic N) is 1. The lowest BCUT2D eigenvalue weighted by molar-refractivity contribution is -0.109. The number of ether oxygens (including phenoxy) is 5. The largest absolute Gasteiger partial charge is 0.491 e. The molecule has 0 unspecified atom stereocenters. The lowest BCUT2D eigenvalue weighted by Crippen LogP contribution is -2.19. The standard InChI is InChI=1S/C25H33N3O6S/c1-26-21-4-2-20(3-5-21)25-28-23-7-6-22(18-24(23)35-25)34-17-16-33-15-14-32-13-12-31-11-10-30-9-8-27-19-29/h2-7,18-19,26H,8-17H2,1H3,(H,27,29). The third-order valence-corrected chi connectivity index (χ3v) is 5.93. The summed E-state index contributed by atoms with van der Waals surface area (Å²) in [6.45, 7) is 4.93. The Morgan fingerprint density at radius 2 is 1.46 bits per heavy atom. The van der Waals surface area contributed by atoms with Crippen LogP contribution in [0.5, 0.6) is 5.75 Å². The van der Waals surface area contributed by atoms with Crippen LogP contribution in [-0.2, 0) is 23.7 Å². The Hall–Kier alpha value is -2.76. The van der Waals surface area contributed by atoms with Crippen molar-refractivity contribution in [2.45, 2.75) is 0 Å². The van der Waals surface area contributed by atoms with Crippen LogP contribution in [-0.4, -0.2) is 84.4 Å². The number of fused-ring (bicyclic) bond motifs is 1. The summed E-state index contributed by atoms with van der Waals surface area (Å²) in [7, 11) is 1.91. The molecule has 0 spiro atoms. The van der Waals surface area contributed by atoms with Gasteiger partial charge in [-0.2, -0.15) is 0 Å². The first-order chi connectivity index (χ1) is 17.3. The van der Waals surface area contributed by atoms with Crippen molar-refractivity contribution in [3.05, 3.63) is 42.5 Å². The third kappa shape index (κ3) is 9.79. The Kier molecular flexibility index (Phi) is 12.3. The van der Waals surface area contributed by atoms with Crippen LogP contribution in [0.25, 0.3) is 20.8 Å². The second kappa shape index (κ2) is 16.0. The van der Waals surface area contributed by atoms with Gasteiger partial charge in [-0.05, 0) is 42.5 Å². The Morgan fingerprint density at radius 3 is 2.09 bits per heavy atom. The van der Waals surface area contributed by atoms with E-state index in [9.17, 15) is 4.79 Å². The molecule has 10 heteroatoms. The summed E-state index contributed by atoms with van der Waals surface area (Å²) in [5, 5.41) is 6.64. The number of amides is 1. The number of nitrogens with one attached hydrogen (secondary N) is 2. The zero-order valence-corrected chi connectivity index (χ0v) is 20.8. The van der Waals surface area contributed by atoms with E-state index < -0.39 is 0 Å². The molecule has 1 aromatic heterocycles. The van der Waals surface area contributed by atoms with Crippen LogP contribution >= 0.6 is 11.3 Å². The average molecular weight is 504 g/mol. The molecule has 2 N–H and O–H groups in total. The van der Waals surface area contributed by atoms with Gasteiger partial charge in [-0.3, -0.25) is 4.79 Å². The second-order valence-corrected chi connectivity index (χ2v) is 8.38. The van der Waals surface area contributed by atoms with Crippen molar-refractivity contribution in [1.82, 2.24) is 10.3 Å². The molecule has 0 aliphatic rings. The van der Waals surface area contributed by atoms with Crippen LogP contribution in [0.3, 0.4) is 0 Å². The average Bonchev–Trinajstić information content (AvgIpc) is 3.32. The lowest BCUT2D eigenvalue weighted by atomic mass is 10.2. The lowest BCUT2D eigenvalue weighted by Gasteiger charge is -2.08. The number of thiazole rings is 1. The van der Waals surface area contributed by atoms with Gasteiger partial charge in [-0.15, -0.1) is 11.3 Å². The highest BCUT2D eigenvalue weighted by Gasteiger charge is 2.08. The summed E-state index contributed by atoms with van der Waals surface area (Å²) in [5.41, 5.74) is 3.14. The maximum absolute atomic E-state index is 10.1. The zero-order chi connectivity index (χ0) is 24.6. The first kappa shape index (κ1) is 26.8. The van der Waals surface area contributed by atoms with Gasteiger partial charge in [-0.25, -0.2) is 4.98 Å². The van der Waals surface area contributed by atoms with Gasteiger partial charge < -0.3 is 34.3 Å². The van der Waals surface area contributed by atoms with Crippen molar-refractivity contribution in [3.8, 4) is 16.3 Å². The number of rotatable bonds is 19. The molecule has 190 valence electrons. The number of hydrogen-bond acceptors (Lipinski definition) is 9. The highest BCUT2D eigenvalue weighted by Crippen LogP contribution is 2.32. The van der Waals surface area contributed by atoms with Crippen LogP contribution in [0.1, 0.15) is 0 Å². The highest BCUT2D eigenvalue weighted by atomic mass is 32.1. The highest BCUT2D eigenvalue weighted by molar-refractivity contribution is 7.21. The van der Waals surface area contributed by atoms with E-state index in [2.05, 4.69) is 22.8 Å². The van der Waals surface area contributed by atoms with Crippen molar-refractivity contribution in [1.29, 1.82) is 0 Å². The summed E-state index contributed by atoms with van der Waals surface area (Å²) in [6, 6.07) is 14.2. The first-order valence-corrected chi connectivity index (χ1v) is 12.4. The molecule has 0 saturated heterocycles. The SMILES string of the molecule is CNc1ccc(-c2nc3ccc(OCCOCCOCCOCCOCCNC=O)cc3s2)cc1. The van der Waals surface area contributed by atoms with Crippen molar-refractivity contribution in [2.75, 3.05) is 78.4 Å². The summed E-state index contributed by atoms with van der Waals surface area (Å²) < 4.78 is 28.6. The van der Waals surface area contributed by atoms with Gasteiger partial charge in [-0.1, -0.05) is 0 Å². The van der Waals surface area contributed by atoms with Gasteiger partial charge in [0.05, 0.1) is 63.1 Å². The topological polar surface area (TPSA) is 100 Å². The molecule has 1 heterocycles. The van der Waals surface area contributed by atoms with Gasteiger partial charge in [0, 0.05) is 24.8 Å². The molecule has 0 saturated carbocycles. The number of carbonyl (C=O) groups excluding carboxylic acids is 1. The molecule has 35 heavy (non-hydrogen) atoms. The van der Waals surface area contributed by atoms with Crippen LogP contribution < -0.4 is 15.4 Å². The van der Waals surface area contributed by atoms with Gasteiger partial charge in [0.15, 0.2) is 0 Å². The molecule has 0 atom stereocenters. The minimum Gasteiger partial charge on any atom is -0.491 e. The van der Waals surface area contributed by atoms with E-state index in [4.69, 9.17) is 28.7 Å². The molecular weight excluding hydrogens is 470 g/mol. The number of aromatic nitrogens is 1. The van der Waals surface area contributed by atoms with Crippen LogP contribution in [0.15, 0.2) is 42.5 Å². The molecule has 9 nitrogen and oxygen atoms in total. The Labute approximate surface area is 209 Å². The molecule has 0 radical (unpaired) electrons. The predicted molar refractivity (Wildman–Crippen MR) is 137 cm³/mol. The van der Waals surface area contributed by atoms with Gasteiger partial charge in [0.2, 0.25) is 6.41 Å². The normalized spacial score (nSPS) is 11.0. The molecule has 0 aliphatic heterocycles. The fourth-order valence-corrected chi connectivity index (χ4v) is 4.07. The number of hydrogen-bond donors (Lipinski definition) is 2. The van der Waals surface area contributed by atoms with Crippen LogP contribution in [0.4, 0.5) is 5.69 Å². The summed E-state index contributed by atoms with van der Waals surface area (Å²) in [5.74, 6) is 0.805. The summed E-state index contributed by atoms with van der Waals surface area (Å²) in [4.78, 5) is 14.8. The molecule has 0 bridgehead atoms.